The summed E-state index contributed by atoms with van der Waals surface area (Å²) in [6.07, 6.45) is 2.73. The van der Waals surface area contributed by atoms with Gasteiger partial charge < -0.3 is 30.2 Å². The Morgan fingerprint density at radius 2 is 1.88 bits per heavy atom. The fourth-order valence-electron chi connectivity index (χ4n) is 3.87. The Labute approximate surface area is 242 Å². The van der Waals surface area contributed by atoms with Crippen LogP contribution in [0.4, 0.5) is 10.5 Å². The number of nitrogens with one attached hydrogen (secondary N) is 4. The summed E-state index contributed by atoms with van der Waals surface area (Å²) in [5.74, 6) is -2.88. The molecule has 1 fully saturated rings. The largest absolute Gasteiger partial charge is 0.481 e. The second-order valence-electron chi connectivity index (χ2n) is 9.56. The normalized spacial score (nSPS) is 12.7. The van der Waals surface area contributed by atoms with Crippen molar-refractivity contribution in [3.63, 3.8) is 0 Å². The number of aliphatic imine (C=N–C) groups is 1. The minimum Gasteiger partial charge on any atom is -0.481 e. The minimum absolute atomic E-state index is 0.110. The summed E-state index contributed by atoms with van der Waals surface area (Å²) in [6.45, 7) is 4.86. The van der Waals surface area contributed by atoms with E-state index >= 15 is 0 Å². The number of amides is 3. The molecule has 0 spiro atoms. The standard InChI is InChI=1S/C28H34N6O8/c1-4-11-30-26(38)18-6-5-16(2)21(12-18)34(28(40)42-15-41-23(37)10-9-22(35)36)25(32-14-29)24-17(3)20(13-31-24)27(39)33-19-7-8-19/h5-6,12-14,19,29,31H,4,7-11,15H2,1-3H3,(H,30,38)(H,33,39)(H,35,36). The number of carbonyl (C=O) groups excluding carboxylic acids is 4. The molecule has 1 aliphatic carbocycles. The molecule has 1 saturated carbocycles. The van der Waals surface area contributed by atoms with Gasteiger partial charge in [0.25, 0.3) is 11.8 Å². The highest BCUT2D eigenvalue weighted by Crippen LogP contribution is 2.27. The Balaban J connectivity index is 2.00. The van der Waals surface area contributed by atoms with Crippen molar-refractivity contribution in [2.45, 2.75) is 58.9 Å². The first-order valence-electron chi connectivity index (χ1n) is 13.4. The number of carboxylic acids is 1. The van der Waals surface area contributed by atoms with Gasteiger partial charge >= 0.3 is 18.0 Å². The molecular weight excluding hydrogens is 548 g/mol. The number of aromatic nitrogens is 1. The van der Waals surface area contributed by atoms with Crippen LogP contribution in [0, 0.1) is 19.3 Å². The maximum atomic E-state index is 13.6. The lowest BCUT2D eigenvalue weighted by Crippen LogP contribution is -2.40. The van der Waals surface area contributed by atoms with Crippen LogP contribution in [0.5, 0.6) is 0 Å². The van der Waals surface area contributed by atoms with Crippen molar-refractivity contribution in [2.75, 3.05) is 18.2 Å². The van der Waals surface area contributed by atoms with Crippen molar-refractivity contribution in [3.8, 4) is 0 Å². The SMILES string of the molecule is CCCNC(=O)c1ccc(C)c(N(C(=O)OCOC(=O)CCC(=O)O)C(=NC=N)c2[nH]cc(C(=O)NC3CC3)c2C)c1. The van der Waals surface area contributed by atoms with Crippen molar-refractivity contribution in [1.29, 1.82) is 5.41 Å². The van der Waals surface area contributed by atoms with Crippen LogP contribution in [-0.4, -0.2) is 71.5 Å². The van der Waals surface area contributed by atoms with E-state index in [1.165, 1.54) is 12.3 Å². The first-order chi connectivity index (χ1) is 20.1. The lowest BCUT2D eigenvalue weighted by atomic mass is 10.1. The van der Waals surface area contributed by atoms with Gasteiger partial charge in [0, 0.05) is 24.3 Å². The Bertz CT molecular complexity index is 1390. The molecular formula is C28H34N6O8. The number of aryl methyl sites for hydroxylation is 1. The number of benzene rings is 1. The summed E-state index contributed by atoms with van der Waals surface area (Å²) in [6, 6.07) is 4.78. The molecule has 14 nitrogen and oxygen atoms in total. The number of nitrogens with zero attached hydrogens (tertiary/aromatic N) is 2. The van der Waals surface area contributed by atoms with Gasteiger partial charge in [-0.1, -0.05) is 13.0 Å². The van der Waals surface area contributed by atoms with Crippen LogP contribution in [-0.2, 0) is 19.1 Å². The summed E-state index contributed by atoms with van der Waals surface area (Å²) in [5.41, 5.74) is 1.95. The van der Waals surface area contributed by atoms with E-state index in [1.54, 1.807) is 26.0 Å². The Hall–Kier alpha value is -5.01. The Kier molecular flexibility index (Phi) is 10.9. The number of H-pyrrole nitrogens is 1. The predicted octanol–water partition coefficient (Wildman–Crippen LogP) is 3.03. The van der Waals surface area contributed by atoms with Gasteiger partial charge in [-0.2, -0.15) is 0 Å². The molecule has 3 rings (SSSR count). The third-order valence-corrected chi connectivity index (χ3v) is 6.29. The predicted molar refractivity (Wildman–Crippen MR) is 152 cm³/mol. The van der Waals surface area contributed by atoms with E-state index in [1.807, 2.05) is 6.92 Å². The van der Waals surface area contributed by atoms with Crippen molar-refractivity contribution >= 4 is 47.7 Å². The van der Waals surface area contributed by atoms with E-state index in [0.29, 0.717) is 36.0 Å². The van der Waals surface area contributed by atoms with Gasteiger partial charge in [-0.15, -0.1) is 0 Å². The van der Waals surface area contributed by atoms with Crippen LogP contribution in [0.15, 0.2) is 29.4 Å². The highest BCUT2D eigenvalue weighted by atomic mass is 16.7. The maximum Gasteiger partial charge on any atom is 0.423 e. The van der Waals surface area contributed by atoms with Crippen LogP contribution in [0.3, 0.4) is 0 Å². The molecule has 3 amide bonds. The molecule has 1 aliphatic rings. The summed E-state index contributed by atoms with van der Waals surface area (Å²) in [4.78, 5) is 69.7. The molecule has 0 unspecified atom stereocenters. The molecule has 14 heteroatoms. The van der Waals surface area contributed by atoms with E-state index in [-0.39, 0.29) is 40.6 Å². The number of ether oxygens (including phenoxy) is 2. The van der Waals surface area contributed by atoms with Crippen LogP contribution in [0.25, 0.3) is 0 Å². The zero-order valence-electron chi connectivity index (χ0n) is 23.6. The fraction of sp³-hybridized carbons (Fsp3) is 0.393. The molecule has 224 valence electrons. The molecule has 1 heterocycles. The minimum atomic E-state index is -1.19. The van der Waals surface area contributed by atoms with Gasteiger partial charge in [-0.3, -0.25) is 24.6 Å². The van der Waals surface area contributed by atoms with Crippen LogP contribution in [0.2, 0.25) is 0 Å². The van der Waals surface area contributed by atoms with Crippen LogP contribution in [0.1, 0.15) is 76.6 Å². The molecule has 0 aliphatic heterocycles. The second kappa shape index (κ2) is 14.6. The molecule has 0 saturated heterocycles. The summed E-state index contributed by atoms with van der Waals surface area (Å²) >= 11 is 0. The average molecular weight is 583 g/mol. The zero-order valence-corrected chi connectivity index (χ0v) is 23.6. The van der Waals surface area contributed by atoms with Crippen molar-refractivity contribution in [1.82, 2.24) is 15.6 Å². The highest BCUT2D eigenvalue weighted by Gasteiger charge is 2.31. The van der Waals surface area contributed by atoms with Gasteiger partial charge in [-0.05, 0) is 56.4 Å². The molecule has 1 aromatic heterocycles. The maximum absolute atomic E-state index is 13.6. The molecule has 1 aromatic carbocycles. The number of hydrogen-bond acceptors (Lipinski definition) is 8. The summed E-state index contributed by atoms with van der Waals surface area (Å²) < 4.78 is 10.1. The number of anilines is 1. The highest BCUT2D eigenvalue weighted by molar-refractivity contribution is 6.24. The van der Waals surface area contributed by atoms with Gasteiger partial charge in [0.15, 0.2) is 5.84 Å². The number of esters is 1. The van der Waals surface area contributed by atoms with Crippen molar-refractivity contribution in [3.05, 3.63) is 52.3 Å². The molecule has 2 aromatic rings. The van der Waals surface area contributed by atoms with Gasteiger partial charge in [-0.25, -0.2) is 14.7 Å². The van der Waals surface area contributed by atoms with E-state index in [2.05, 4.69) is 20.6 Å². The van der Waals surface area contributed by atoms with Gasteiger partial charge in [0.2, 0.25) is 6.79 Å². The van der Waals surface area contributed by atoms with Crippen molar-refractivity contribution in [2.24, 2.45) is 4.99 Å². The molecule has 42 heavy (non-hydrogen) atoms. The van der Waals surface area contributed by atoms with E-state index in [4.69, 9.17) is 20.0 Å². The lowest BCUT2D eigenvalue weighted by Gasteiger charge is -2.25. The average Bonchev–Trinajstić information content (AvgIpc) is 3.69. The lowest BCUT2D eigenvalue weighted by molar-refractivity contribution is -0.154. The van der Waals surface area contributed by atoms with Crippen LogP contribution >= 0.6 is 0 Å². The molecule has 0 bridgehead atoms. The smallest absolute Gasteiger partial charge is 0.423 e. The summed E-state index contributed by atoms with van der Waals surface area (Å²) in [7, 11) is 0. The number of aliphatic carboxylic acids is 1. The number of carboxylic acid groups (broad SMARTS) is 1. The third kappa shape index (κ3) is 8.25. The van der Waals surface area contributed by atoms with E-state index in [0.717, 1.165) is 17.7 Å². The molecule has 0 radical (unpaired) electrons. The van der Waals surface area contributed by atoms with E-state index in [9.17, 15) is 24.0 Å². The third-order valence-electron chi connectivity index (χ3n) is 6.29. The topological polar surface area (TPSA) is 203 Å². The molecule has 0 atom stereocenters. The Morgan fingerprint density at radius 3 is 2.52 bits per heavy atom. The Morgan fingerprint density at radius 1 is 1.14 bits per heavy atom. The van der Waals surface area contributed by atoms with Gasteiger partial charge in [0.1, 0.15) is 6.34 Å². The quantitative estimate of drug-likeness (QED) is 0.103. The number of hydrogen-bond donors (Lipinski definition) is 5. The van der Waals surface area contributed by atoms with E-state index < -0.39 is 37.7 Å². The monoisotopic (exact) mass is 582 g/mol. The first-order valence-corrected chi connectivity index (χ1v) is 13.4. The molecule has 5 N–H and O–H groups in total. The van der Waals surface area contributed by atoms with Crippen LogP contribution < -0.4 is 15.5 Å². The second-order valence-corrected chi connectivity index (χ2v) is 9.56. The number of aromatic amines is 1. The fourth-order valence-corrected chi connectivity index (χ4v) is 3.87. The van der Waals surface area contributed by atoms with Gasteiger partial charge in [0.05, 0.1) is 29.8 Å². The number of rotatable bonds is 13. The first kappa shape index (κ1) is 31.5. The summed E-state index contributed by atoms with van der Waals surface area (Å²) in [5, 5.41) is 22.1. The number of carbonyl (C=O) groups is 5. The zero-order chi connectivity index (χ0) is 30.8. The van der Waals surface area contributed by atoms with Crippen molar-refractivity contribution < 1.29 is 38.6 Å². The number of amidine groups is 1.